The van der Waals surface area contributed by atoms with Crippen LogP contribution in [0.15, 0.2) is 12.4 Å². The molecule has 0 amide bonds. The van der Waals surface area contributed by atoms with Crippen molar-refractivity contribution < 1.29 is 9.90 Å². The molecule has 2 heterocycles. The Hall–Kier alpha value is -1.49. The van der Waals surface area contributed by atoms with Gasteiger partial charge >= 0.3 is 5.97 Å². The third-order valence-electron chi connectivity index (χ3n) is 3.14. The lowest BCUT2D eigenvalue weighted by atomic mass is 9.94. The molecule has 0 bridgehead atoms. The van der Waals surface area contributed by atoms with Gasteiger partial charge in [-0.2, -0.15) is 0 Å². The fourth-order valence-electron chi connectivity index (χ4n) is 2.31. The smallest absolute Gasteiger partial charge is 0.356 e. The fraction of sp³-hybridized carbons (Fsp3) is 0.583. The Morgan fingerprint density at radius 2 is 2.35 bits per heavy atom. The van der Waals surface area contributed by atoms with Crippen molar-refractivity contribution in [1.29, 1.82) is 0 Å². The van der Waals surface area contributed by atoms with Crippen LogP contribution in [0.4, 0.5) is 0 Å². The number of hydrogen-bond acceptors (Lipinski definition) is 4. The zero-order valence-electron chi connectivity index (χ0n) is 9.96. The van der Waals surface area contributed by atoms with Crippen LogP contribution in [-0.4, -0.2) is 46.1 Å². The third-order valence-corrected chi connectivity index (χ3v) is 3.14. The highest BCUT2D eigenvalue weighted by Gasteiger charge is 2.18. The second kappa shape index (κ2) is 5.23. The Labute approximate surface area is 100 Å². The molecular formula is C12H17N3O2. The summed E-state index contributed by atoms with van der Waals surface area (Å²) in [5, 5.41) is 8.72. The quantitative estimate of drug-likeness (QED) is 0.848. The molecule has 1 N–H and O–H groups in total. The maximum absolute atomic E-state index is 10.6. The molecule has 1 saturated heterocycles. The highest BCUT2D eigenvalue weighted by atomic mass is 16.4. The number of piperidine rings is 1. The van der Waals surface area contributed by atoms with Gasteiger partial charge in [-0.1, -0.05) is 0 Å². The molecule has 0 saturated carbocycles. The van der Waals surface area contributed by atoms with Crippen molar-refractivity contribution in [1.82, 2.24) is 14.9 Å². The summed E-state index contributed by atoms with van der Waals surface area (Å²) >= 11 is 0. The molecule has 0 spiro atoms. The molecule has 1 aliphatic rings. The summed E-state index contributed by atoms with van der Waals surface area (Å²) in [6, 6.07) is 0. The topological polar surface area (TPSA) is 66.3 Å². The van der Waals surface area contributed by atoms with Crippen LogP contribution in [0.25, 0.3) is 0 Å². The van der Waals surface area contributed by atoms with E-state index in [1.54, 1.807) is 6.20 Å². The van der Waals surface area contributed by atoms with E-state index in [2.05, 4.69) is 21.9 Å². The molecule has 1 aromatic rings. The van der Waals surface area contributed by atoms with Crippen molar-refractivity contribution in [3.05, 3.63) is 23.8 Å². The van der Waals surface area contributed by atoms with Gasteiger partial charge in [0.05, 0.1) is 11.9 Å². The molecule has 17 heavy (non-hydrogen) atoms. The highest BCUT2D eigenvalue weighted by molar-refractivity contribution is 5.84. The number of aromatic nitrogens is 2. The largest absolute Gasteiger partial charge is 0.476 e. The number of nitrogens with zero attached hydrogens (tertiary/aromatic N) is 3. The fourth-order valence-corrected chi connectivity index (χ4v) is 2.31. The summed E-state index contributed by atoms with van der Waals surface area (Å²) in [7, 11) is 2.13. The van der Waals surface area contributed by atoms with Crippen LogP contribution in [0.3, 0.4) is 0 Å². The van der Waals surface area contributed by atoms with E-state index in [0.29, 0.717) is 5.92 Å². The second-order valence-electron chi connectivity index (χ2n) is 4.67. The predicted molar refractivity (Wildman–Crippen MR) is 62.9 cm³/mol. The number of hydrogen-bond donors (Lipinski definition) is 1. The molecule has 1 fully saturated rings. The molecule has 2 rings (SSSR count). The normalized spacial score (nSPS) is 21.4. The first kappa shape index (κ1) is 12.0. The van der Waals surface area contributed by atoms with Gasteiger partial charge in [0.15, 0.2) is 5.69 Å². The lowest BCUT2D eigenvalue weighted by Crippen LogP contribution is -2.33. The summed E-state index contributed by atoms with van der Waals surface area (Å²) in [4.78, 5) is 21.0. The average Bonchev–Trinajstić information content (AvgIpc) is 2.29. The maximum atomic E-state index is 10.6. The van der Waals surface area contributed by atoms with Crippen LogP contribution in [0.1, 0.15) is 29.0 Å². The van der Waals surface area contributed by atoms with Gasteiger partial charge in [-0.15, -0.1) is 0 Å². The van der Waals surface area contributed by atoms with Crippen LogP contribution in [0.2, 0.25) is 0 Å². The van der Waals surface area contributed by atoms with Crippen LogP contribution in [0.5, 0.6) is 0 Å². The van der Waals surface area contributed by atoms with Gasteiger partial charge in [0.1, 0.15) is 0 Å². The van der Waals surface area contributed by atoms with E-state index in [1.807, 2.05) is 0 Å². The molecule has 1 atom stereocenters. The van der Waals surface area contributed by atoms with Crippen molar-refractivity contribution in [2.75, 3.05) is 20.1 Å². The Kier molecular flexibility index (Phi) is 3.68. The first-order valence-corrected chi connectivity index (χ1v) is 5.88. The number of likely N-dealkylation sites (tertiary alicyclic amines) is 1. The van der Waals surface area contributed by atoms with Crippen LogP contribution in [-0.2, 0) is 6.42 Å². The van der Waals surface area contributed by atoms with Crippen LogP contribution in [0, 0.1) is 5.92 Å². The van der Waals surface area contributed by atoms with Crippen molar-refractivity contribution in [3.8, 4) is 0 Å². The third kappa shape index (κ3) is 3.23. The van der Waals surface area contributed by atoms with Crippen molar-refractivity contribution in [2.24, 2.45) is 5.92 Å². The van der Waals surface area contributed by atoms with E-state index in [-0.39, 0.29) is 5.69 Å². The monoisotopic (exact) mass is 235 g/mol. The first-order chi connectivity index (χ1) is 8.15. The summed E-state index contributed by atoms with van der Waals surface area (Å²) < 4.78 is 0. The SMILES string of the molecule is CN1CCCC(Cc2cnc(C(=O)O)cn2)C1. The van der Waals surface area contributed by atoms with E-state index in [1.165, 1.54) is 25.6 Å². The second-order valence-corrected chi connectivity index (χ2v) is 4.67. The van der Waals surface area contributed by atoms with Gasteiger partial charge in [-0.05, 0) is 38.8 Å². The predicted octanol–water partition coefficient (Wildman–Crippen LogP) is 1.06. The standard InChI is InChI=1S/C12H17N3O2/c1-15-4-2-3-9(8-15)5-10-6-14-11(7-13-10)12(16)17/h6-7,9H,2-5,8H2,1H3,(H,16,17). The number of carbonyl (C=O) groups is 1. The summed E-state index contributed by atoms with van der Waals surface area (Å²) in [5.41, 5.74) is 0.893. The summed E-state index contributed by atoms with van der Waals surface area (Å²) in [5.74, 6) is -0.417. The van der Waals surface area contributed by atoms with Gasteiger partial charge in [-0.3, -0.25) is 4.98 Å². The lowest BCUT2D eigenvalue weighted by Gasteiger charge is -2.29. The van der Waals surface area contributed by atoms with Gasteiger partial charge in [0, 0.05) is 12.7 Å². The summed E-state index contributed by atoms with van der Waals surface area (Å²) in [6.45, 7) is 2.25. The minimum absolute atomic E-state index is 0.00881. The first-order valence-electron chi connectivity index (χ1n) is 5.88. The van der Waals surface area contributed by atoms with Crippen molar-refractivity contribution >= 4 is 5.97 Å². The van der Waals surface area contributed by atoms with Crippen molar-refractivity contribution in [2.45, 2.75) is 19.3 Å². The van der Waals surface area contributed by atoms with Crippen LogP contribution >= 0.6 is 0 Å². The van der Waals surface area contributed by atoms with Gasteiger partial charge in [0.25, 0.3) is 0 Å². The Morgan fingerprint density at radius 3 is 2.94 bits per heavy atom. The van der Waals surface area contributed by atoms with Gasteiger partial charge in [-0.25, -0.2) is 9.78 Å². The molecular weight excluding hydrogens is 218 g/mol. The van der Waals surface area contributed by atoms with E-state index in [9.17, 15) is 4.79 Å². The Morgan fingerprint density at radius 1 is 1.53 bits per heavy atom. The Bertz CT molecular complexity index is 391. The van der Waals surface area contributed by atoms with Crippen molar-refractivity contribution in [3.63, 3.8) is 0 Å². The summed E-state index contributed by atoms with van der Waals surface area (Å²) in [6.07, 6.45) is 6.24. The molecule has 1 unspecified atom stereocenters. The number of rotatable bonds is 3. The number of aromatic carboxylic acids is 1. The van der Waals surface area contributed by atoms with Gasteiger partial charge in [0.2, 0.25) is 0 Å². The van der Waals surface area contributed by atoms with E-state index < -0.39 is 5.97 Å². The number of carboxylic acid groups (broad SMARTS) is 1. The zero-order chi connectivity index (χ0) is 12.3. The molecule has 5 heteroatoms. The molecule has 92 valence electrons. The van der Waals surface area contributed by atoms with E-state index in [0.717, 1.165) is 18.7 Å². The zero-order valence-corrected chi connectivity index (χ0v) is 9.96. The molecule has 0 aromatic carbocycles. The van der Waals surface area contributed by atoms with Gasteiger partial charge < -0.3 is 10.0 Å². The van der Waals surface area contributed by atoms with E-state index in [4.69, 9.17) is 5.11 Å². The molecule has 0 radical (unpaired) electrons. The average molecular weight is 235 g/mol. The Balaban J connectivity index is 1.96. The molecule has 1 aliphatic heterocycles. The van der Waals surface area contributed by atoms with E-state index >= 15 is 0 Å². The molecule has 5 nitrogen and oxygen atoms in total. The molecule has 0 aliphatic carbocycles. The minimum atomic E-state index is -1.03. The molecule has 1 aromatic heterocycles. The highest BCUT2D eigenvalue weighted by Crippen LogP contribution is 2.18. The lowest BCUT2D eigenvalue weighted by molar-refractivity contribution is 0.0690. The maximum Gasteiger partial charge on any atom is 0.356 e. The number of carboxylic acids is 1. The minimum Gasteiger partial charge on any atom is -0.476 e. The van der Waals surface area contributed by atoms with Crippen LogP contribution < -0.4 is 0 Å².